The number of amides is 1. The van der Waals surface area contributed by atoms with Crippen LogP contribution in [-0.2, 0) is 22.7 Å². The molecular weight excluding hydrogens is 650 g/mol. The number of rotatable bonds is 7. The maximum absolute atomic E-state index is 12.6. The number of nitriles is 1. The molecule has 0 spiro atoms. The van der Waals surface area contributed by atoms with Crippen molar-refractivity contribution < 1.29 is 55.7 Å². The van der Waals surface area contributed by atoms with Crippen molar-refractivity contribution in [3.8, 4) is 22.9 Å². The van der Waals surface area contributed by atoms with Crippen molar-refractivity contribution in [2.45, 2.75) is 38.4 Å². The van der Waals surface area contributed by atoms with E-state index in [1.54, 1.807) is 31.4 Å². The molecule has 16 heteroatoms. The minimum atomic E-state index is -5.08. The van der Waals surface area contributed by atoms with Crippen LogP contribution in [-0.4, -0.2) is 78.1 Å². The van der Waals surface area contributed by atoms with Gasteiger partial charge < -0.3 is 25.6 Å². The van der Waals surface area contributed by atoms with E-state index in [1.807, 2.05) is 12.1 Å². The van der Waals surface area contributed by atoms with Gasteiger partial charge in [0.05, 0.1) is 18.7 Å². The SMILES string of the molecule is COc1ccc(CNC(=O)c2cccc(C#N)c2)cc1-c1cccc(CN2CCN[C@@H](C)C2)c1.O=C(O)C(F)(F)F.O=C(O)C(F)(F)F. The van der Waals surface area contributed by atoms with Crippen molar-refractivity contribution in [3.05, 3.63) is 89.0 Å². The highest BCUT2D eigenvalue weighted by molar-refractivity contribution is 5.94. The Balaban J connectivity index is 0.000000479. The molecule has 3 aromatic rings. The van der Waals surface area contributed by atoms with Crippen molar-refractivity contribution in [1.82, 2.24) is 15.5 Å². The molecule has 10 nitrogen and oxygen atoms in total. The highest BCUT2D eigenvalue weighted by Gasteiger charge is 2.38. The molecular formula is C32H32F6N4O6. The van der Waals surface area contributed by atoms with Crippen LogP contribution < -0.4 is 15.4 Å². The fourth-order valence-electron chi connectivity index (χ4n) is 4.36. The Morgan fingerprint density at radius 2 is 1.58 bits per heavy atom. The molecule has 1 saturated heterocycles. The number of carbonyl (C=O) groups excluding carboxylic acids is 1. The minimum Gasteiger partial charge on any atom is -0.496 e. The first-order chi connectivity index (χ1) is 22.4. The lowest BCUT2D eigenvalue weighted by molar-refractivity contribution is -0.193. The Morgan fingerprint density at radius 3 is 2.15 bits per heavy atom. The van der Waals surface area contributed by atoms with Gasteiger partial charge in [-0.15, -0.1) is 0 Å². The lowest BCUT2D eigenvalue weighted by atomic mass is 9.99. The maximum atomic E-state index is 12.6. The molecule has 48 heavy (non-hydrogen) atoms. The van der Waals surface area contributed by atoms with Gasteiger partial charge in [0.2, 0.25) is 0 Å². The van der Waals surface area contributed by atoms with E-state index in [4.69, 9.17) is 29.8 Å². The van der Waals surface area contributed by atoms with Crippen molar-refractivity contribution in [1.29, 1.82) is 5.26 Å². The Labute approximate surface area is 271 Å². The first kappa shape index (κ1) is 39.0. The van der Waals surface area contributed by atoms with E-state index in [9.17, 15) is 31.1 Å². The molecule has 0 saturated carbocycles. The summed E-state index contributed by atoms with van der Waals surface area (Å²) in [6.45, 7) is 6.62. The first-order valence-corrected chi connectivity index (χ1v) is 14.0. The molecule has 0 radical (unpaired) electrons. The molecule has 4 N–H and O–H groups in total. The van der Waals surface area contributed by atoms with E-state index in [0.717, 1.165) is 48.6 Å². The van der Waals surface area contributed by atoms with E-state index in [1.165, 1.54) is 5.56 Å². The number of ether oxygens (including phenoxy) is 1. The molecule has 3 aromatic carbocycles. The number of benzene rings is 3. The number of piperazine rings is 1. The van der Waals surface area contributed by atoms with Gasteiger partial charge in [0.15, 0.2) is 0 Å². The summed E-state index contributed by atoms with van der Waals surface area (Å²) in [5.74, 6) is -4.92. The van der Waals surface area contributed by atoms with Gasteiger partial charge in [-0.25, -0.2) is 9.59 Å². The average Bonchev–Trinajstić information content (AvgIpc) is 3.03. The Bertz CT molecular complexity index is 1580. The Morgan fingerprint density at radius 1 is 0.958 bits per heavy atom. The number of carbonyl (C=O) groups is 3. The molecule has 0 aromatic heterocycles. The van der Waals surface area contributed by atoms with Crippen LogP contribution in [0, 0.1) is 11.3 Å². The predicted molar refractivity (Wildman–Crippen MR) is 161 cm³/mol. The summed E-state index contributed by atoms with van der Waals surface area (Å²) in [6.07, 6.45) is -10.2. The molecule has 0 aliphatic carbocycles. The third kappa shape index (κ3) is 12.9. The topological polar surface area (TPSA) is 152 Å². The molecule has 1 aliphatic heterocycles. The fraction of sp³-hybridized carbons (Fsp3) is 0.312. The van der Waals surface area contributed by atoms with Gasteiger partial charge in [-0.05, 0) is 60.0 Å². The smallest absolute Gasteiger partial charge is 0.490 e. The summed E-state index contributed by atoms with van der Waals surface area (Å²) in [7, 11) is 1.68. The van der Waals surface area contributed by atoms with E-state index in [-0.39, 0.29) is 5.91 Å². The third-order valence-corrected chi connectivity index (χ3v) is 6.55. The van der Waals surface area contributed by atoms with Gasteiger partial charge in [0.1, 0.15) is 5.75 Å². The second kappa shape index (κ2) is 17.7. The van der Waals surface area contributed by atoms with Crippen LogP contribution in [0.3, 0.4) is 0 Å². The normalized spacial score (nSPS) is 14.6. The third-order valence-electron chi connectivity index (χ3n) is 6.55. The summed E-state index contributed by atoms with van der Waals surface area (Å²) in [6, 6.07) is 23.8. The molecule has 1 fully saturated rings. The number of carboxylic acid groups (broad SMARTS) is 2. The highest BCUT2D eigenvalue weighted by Crippen LogP contribution is 2.32. The molecule has 4 rings (SSSR count). The van der Waals surface area contributed by atoms with Gasteiger partial charge in [-0.1, -0.05) is 30.3 Å². The molecule has 0 unspecified atom stereocenters. The average molecular weight is 683 g/mol. The number of halogens is 6. The molecule has 1 amide bonds. The largest absolute Gasteiger partial charge is 0.496 e. The van der Waals surface area contributed by atoms with Crippen LogP contribution in [0.4, 0.5) is 26.3 Å². The van der Waals surface area contributed by atoms with Crippen LogP contribution in [0.25, 0.3) is 11.1 Å². The van der Waals surface area contributed by atoms with Gasteiger partial charge in [-0.3, -0.25) is 9.69 Å². The predicted octanol–water partition coefficient (Wildman–Crippen LogP) is 5.22. The van der Waals surface area contributed by atoms with Crippen LogP contribution in [0.2, 0.25) is 0 Å². The molecule has 1 aliphatic rings. The summed E-state index contributed by atoms with van der Waals surface area (Å²) in [5.41, 5.74) is 5.27. The number of alkyl halides is 6. The van der Waals surface area contributed by atoms with Gasteiger partial charge in [0, 0.05) is 49.9 Å². The monoisotopic (exact) mass is 682 g/mol. The lowest BCUT2D eigenvalue weighted by Gasteiger charge is -2.31. The number of carboxylic acids is 2. The van der Waals surface area contributed by atoms with Crippen LogP contribution in [0.1, 0.15) is 34.0 Å². The number of nitrogens with zero attached hydrogens (tertiary/aromatic N) is 2. The zero-order valence-corrected chi connectivity index (χ0v) is 25.7. The lowest BCUT2D eigenvalue weighted by Crippen LogP contribution is -2.48. The van der Waals surface area contributed by atoms with E-state index < -0.39 is 24.3 Å². The molecule has 1 atom stereocenters. The van der Waals surface area contributed by atoms with Crippen molar-refractivity contribution >= 4 is 17.8 Å². The van der Waals surface area contributed by atoms with E-state index in [2.05, 4.69) is 58.9 Å². The summed E-state index contributed by atoms with van der Waals surface area (Å²) in [5, 5.41) is 29.8. The Kier molecular flexibility index (Phi) is 14.4. The molecule has 1 heterocycles. The Hall–Kier alpha value is -5.14. The first-order valence-electron chi connectivity index (χ1n) is 14.0. The maximum Gasteiger partial charge on any atom is 0.490 e. The number of methoxy groups -OCH3 is 1. The minimum absolute atomic E-state index is 0.207. The van der Waals surface area contributed by atoms with Gasteiger partial charge in [0.25, 0.3) is 5.91 Å². The standard InChI is InChI=1S/C28H30N4O2.2C2HF3O2/c1-20-18-32(12-11-30-20)19-23-6-4-7-24(14-23)26-15-22(9-10-27(26)34-2)17-31-28(33)25-8-3-5-21(13-25)16-29;2*3-2(4,5)1(6)7/h3-10,13-15,20,30H,11-12,17-19H2,1-2H3,(H,31,33);2*(H,6,7)/t20-;;/m0../s1. The number of nitrogens with one attached hydrogen (secondary N) is 2. The summed E-state index contributed by atoms with van der Waals surface area (Å²) in [4.78, 5) is 32.8. The highest BCUT2D eigenvalue weighted by atomic mass is 19.4. The van der Waals surface area contributed by atoms with Crippen molar-refractivity contribution in [2.75, 3.05) is 26.7 Å². The number of aliphatic carboxylic acids is 2. The van der Waals surface area contributed by atoms with Gasteiger partial charge >= 0.3 is 24.3 Å². The quantitative estimate of drug-likeness (QED) is 0.246. The molecule has 0 bridgehead atoms. The van der Waals surface area contributed by atoms with Crippen LogP contribution in [0.5, 0.6) is 5.75 Å². The summed E-state index contributed by atoms with van der Waals surface area (Å²) >= 11 is 0. The number of hydrogen-bond acceptors (Lipinski definition) is 7. The zero-order chi connectivity index (χ0) is 36.1. The second-order valence-electron chi connectivity index (χ2n) is 10.3. The fourth-order valence-corrected chi connectivity index (χ4v) is 4.36. The zero-order valence-electron chi connectivity index (χ0n) is 25.7. The number of hydrogen-bond donors (Lipinski definition) is 4. The summed E-state index contributed by atoms with van der Waals surface area (Å²) < 4.78 is 69.1. The second-order valence-corrected chi connectivity index (χ2v) is 10.3. The van der Waals surface area contributed by atoms with Gasteiger partial charge in [-0.2, -0.15) is 31.6 Å². The molecule has 258 valence electrons. The van der Waals surface area contributed by atoms with Crippen molar-refractivity contribution in [3.63, 3.8) is 0 Å². The van der Waals surface area contributed by atoms with Crippen LogP contribution >= 0.6 is 0 Å². The van der Waals surface area contributed by atoms with Crippen molar-refractivity contribution in [2.24, 2.45) is 0 Å². The van der Waals surface area contributed by atoms with E-state index in [0.29, 0.717) is 23.7 Å². The van der Waals surface area contributed by atoms with Crippen LogP contribution in [0.15, 0.2) is 66.7 Å². The van der Waals surface area contributed by atoms with E-state index >= 15 is 0 Å².